The molecule has 0 amide bonds. The van der Waals surface area contributed by atoms with Crippen LogP contribution in [-0.4, -0.2) is 30.7 Å². The molecule has 2 aromatic rings. The quantitative estimate of drug-likeness (QED) is 0.859. The Balaban J connectivity index is 1.74. The van der Waals surface area contributed by atoms with E-state index in [9.17, 15) is 4.79 Å². The van der Waals surface area contributed by atoms with Gasteiger partial charge in [-0.3, -0.25) is 0 Å². The fraction of sp³-hybridized carbons (Fsp3) is 0.333. The number of rotatable bonds is 5. The van der Waals surface area contributed by atoms with Gasteiger partial charge in [-0.2, -0.15) is 0 Å². The summed E-state index contributed by atoms with van der Waals surface area (Å²) in [7, 11) is 0. The highest BCUT2D eigenvalue weighted by atomic mass is 16.5. The SMILES string of the molecule is CCOC(=O)c1cccnc1NCC1CCOc2ccccc21. The lowest BCUT2D eigenvalue weighted by atomic mass is 9.93. The standard InChI is InChI=1S/C18H20N2O3/c1-2-22-18(21)15-7-5-10-19-17(15)20-12-13-9-11-23-16-8-4-3-6-14(13)16/h3-8,10,13H,2,9,11-12H2,1H3,(H,19,20). The fourth-order valence-electron chi connectivity index (χ4n) is 2.77. The topological polar surface area (TPSA) is 60.5 Å². The molecule has 1 N–H and O–H groups in total. The number of carbonyl (C=O) groups is 1. The summed E-state index contributed by atoms with van der Waals surface area (Å²) in [6.07, 6.45) is 2.61. The molecule has 0 radical (unpaired) electrons. The zero-order valence-electron chi connectivity index (χ0n) is 13.1. The zero-order valence-corrected chi connectivity index (χ0v) is 13.1. The number of nitrogens with zero attached hydrogens (tertiary/aromatic N) is 1. The molecule has 3 rings (SSSR count). The number of benzene rings is 1. The molecule has 0 spiro atoms. The van der Waals surface area contributed by atoms with Crippen molar-refractivity contribution in [1.29, 1.82) is 0 Å². The maximum Gasteiger partial charge on any atom is 0.341 e. The van der Waals surface area contributed by atoms with Crippen molar-refractivity contribution in [3.8, 4) is 5.75 Å². The van der Waals surface area contributed by atoms with Gasteiger partial charge in [-0.25, -0.2) is 9.78 Å². The molecule has 1 aliphatic heterocycles. The van der Waals surface area contributed by atoms with Crippen molar-refractivity contribution >= 4 is 11.8 Å². The number of para-hydroxylation sites is 1. The number of fused-ring (bicyclic) bond motifs is 1. The van der Waals surface area contributed by atoms with E-state index in [2.05, 4.69) is 16.4 Å². The van der Waals surface area contributed by atoms with Crippen LogP contribution in [0.3, 0.4) is 0 Å². The maximum absolute atomic E-state index is 12.0. The third-order valence-electron chi connectivity index (χ3n) is 3.90. The maximum atomic E-state index is 12.0. The molecule has 1 unspecified atom stereocenters. The van der Waals surface area contributed by atoms with E-state index in [0.717, 1.165) is 12.2 Å². The van der Waals surface area contributed by atoms with Gasteiger partial charge >= 0.3 is 5.97 Å². The van der Waals surface area contributed by atoms with Crippen molar-refractivity contribution in [2.24, 2.45) is 0 Å². The Hall–Kier alpha value is -2.56. The minimum absolute atomic E-state index is 0.331. The summed E-state index contributed by atoms with van der Waals surface area (Å²) in [5, 5.41) is 3.30. The van der Waals surface area contributed by atoms with E-state index in [1.807, 2.05) is 18.2 Å². The van der Waals surface area contributed by atoms with Gasteiger partial charge in [0.1, 0.15) is 17.1 Å². The molecule has 1 aromatic carbocycles. The third-order valence-corrected chi connectivity index (χ3v) is 3.90. The highest BCUT2D eigenvalue weighted by molar-refractivity contribution is 5.94. The lowest BCUT2D eigenvalue weighted by Crippen LogP contribution is -2.22. The van der Waals surface area contributed by atoms with Crippen LogP contribution in [0.4, 0.5) is 5.82 Å². The minimum atomic E-state index is -0.351. The van der Waals surface area contributed by atoms with Crippen molar-refractivity contribution in [1.82, 2.24) is 4.98 Å². The fourth-order valence-corrected chi connectivity index (χ4v) is 2.77. The number of nitrogens with one attached hydrogen (secondary N) is 1. The van der Waals surface area contributed by atoms with Crippen LogP contribution in [0.15, 0.2) is 42.6 Å². The summed E-state index contributed by atoms with van der Waals surface area (Å²) in [5.41, 5.74) is 1.66. The van der Waals surface area contributed by atoms with Gasteiger partial charge in [-0.05, 0) is 37.1 Å². The Morgan fingerprint density at radius 3 is 3.09 bits per heavy atom. The van der Waals surface area contributed by atoms with Crippen LogP contribution >= 0.6 is 0 Å². The second kappa shape index (κ2) is 7.13. The molecule has 1 aromatic heterocycles. The van der Waals surface area contributed by atoms with Crippen molar-refractivity contribution in [2.75, 3.05) is 25.1 Å². The lowest BCUT2D eigenvalue weighted by Gasteiger charge is -2.26. The van der Waals surface area contributed by atoms with Gasteiger partial charge in [0, 0.05) is 18.7 Å². The van der Waals surface area contributed by atoms with Gasteiger partial charge in [-0.15, -0.1) is 0 Å². The zero-order chi connectivity index (χ0) is 16.1. The second-order valence-corrected chi connectivity index (χ2v) is 5.37. The summed E-state index contributed by atoms with van der Waals surface area (Å²) in [5.74, 6) is 1.49. The second-order valence-electron chi connectivity index (χ2n) is 5.37. The summed E-state index contributed by atoms with van der Waals surface area (Å²) in [4.78, 5) is 16.3. The van der Waals surface area contributed by atoms with E-state index in [0.29, 0.717) is 37.1 Å². The van der Waals surface area contributed by atoms with Crippen molar-refractivity contribution in [3.63, 3.8) is 0 Å². The molecule has 0 aliphatic carbocycles. The van der Waals surface area contributed by atoms with Crippen LogP contribution in [0.1, 0.15) is 35.2 Å². The largest absolute Gasteiger partial charge is 0.493 e. The minimum Gasteiger partial charge on any atom is -0.493 e. The molecule has 1 atom stereocenters. The molecule has 0 saturated heterocycles. The number of aromatic nitrogens is 1. The first-order valence-corrected chi connectivity index (χ1v) is 7.87. The molecule has 1 aliphatic rings. The van der Waals surface area contributed by atoms with E-state index < -0.39 is 0 Å². The van der Waals surface area contributed by atoms with E-state index in [1.165, 1.54) is 5.56 Å². The average molecular weight is 312 g/mol. The first-order valence-electron chi connectivity index (χ1n) is 7.87. The molecule has 0 saturated carbocycles. The Bertz CT molecular complexity index is 687. The third kappa shape index (κ3) is 3.44. The highest BCUT2D eigenvalue weighted by Gasteiger charge is 2.22. The van der Waals surface area contributed by atoms with Gasteiger partial charge < -0.3 is 14.8 Å². The summed E-state index contributed by atoms with van der Waals surface area (Å²) < 4.78 is 10.8. The Labute approximate surface area is 135 Å². The van der Waals surface area contributed by atoms with Crippen LogP contribution in [0.25, 0.3) is 0 Å². The number of hydrogen-bond acceptors (Lipinski definition) is 5. The average Bonchev–Trinajstić information content (AvgIpc) is 2.60. The Morgan fingerprint density at radius 1 is 1.35 bits per heavy atom. The molecule has 23 heavy (non-hydrogen) atoms. The van der Waals surface area contributed by atoms with Crippen LogP contribution < -0.4 is 10.1 Å². The highest BCUT2D eigenvalue weighted by Crippen LogP contribution is 2.33. The predicted molar refractivity (Wildman–Crippen MR) is 88.0 cm³/mol. The smallest absolute Gasteiger partial charge is 0.341 e. The molecule has 2 heterocycles. The molecule has 5 nitrogen and oxygen atoms in total. The number of carbonyl (C=O) groups excluding carboxylic acids is 1. The molecular weight excluding hydrogens is 292 g/mol. The van der Waals surface area contributed by atoms with Gasteiger partial charge in [0.25, 0.3) is 0 Å². The lowest BCUT2D eigenvalue weighted by molar-refractivity contribution is 0.0527. The molecular formula is C18H20N2O3. The number of pyridine rings is 1. The summed E-state index contributed by atoms with van der Waals surface area (Å²) in [6.45, 7) is 3.54. The van der Waals surface area contributed by atoms with Crippen LogP contribution in [0.5, 0.6) is 5.75 Å². The van der Waals surface area contributed by atoms with Crippen LogP contribution in [0, 0.1) is 0 Å². The van der Waals surface area contributed by atoms with E-state index in [-0.39, 0.29) is 5.97 Å². The van der Waals surface area contributed by atoms with Gasteiger partial charge in [0.2, 0.25) is 0 Å². The summed E-state index contributed by atoms with van der Waals surface area (Å²) >= 11 is 0. The van der Waals surface area contributed by atoms with Crippen LogP contribution in [0.2, 0.25) is 0 Å². The van der Waals surface area contributed by atoms with Crippen LogP contribution in [-0.2, 0) is 4.74 Å². The predicted octanol–water partition coefficient (Wildman–Crippen LogP) is 3.24. The normalized spacial score (nSPS) is 16.1. The monoisotopic (exact) mass is 312 g/mol. The number of hydrogen-bond donors (Lipinski definition) is 1. The first kappa shape index (κ1) is 15.3. The van der Waals surface area contributed by atoms with Gasteiger partial charge in [0.05, 0.1) is 13.2 Å². The van der Waals surface area contributed by atoms with Gasteiger partial charge in [0.15, 0.2) is 0 Å². The molecule has 0 bridgehead atoms. The number of anilines is 1. The first-order chi connectivity index (χ1) is 11.3. The Morgan fingerprint density at radius 2 is 2.22 bits per heavy atom. The van der Waals surface area contributed by atoms with E-state index >= 15 is 0 Å². The number of ether oxygens (including phenoxy) is 2. The molecule has 0 fully saturated rings. The Kier molecular flexibility index (Phi) is 4.76. The van der Waals surface area contributed by atoms with Crippen molar-refractivity contribution < 1.29 is 14.3 Å². The summed E-state index contributed by atoms with van der Waals surface area (Å²) in [6, 6.07) is 11.5. The number of esters is 1. The van der Waals surface area contributed by atoms with Crippen molar-refractivity contribution in [3.05, 3.63) is 53.7 Å². The molecule has 5 heteroatoms. The molecule has 120 valence electrons. The van der Waals surface area contributed by atoms with Crippen molar-refractivity contribution in [2.45, 2.75) is 19.3 Å². The van der Waals surface area contributed by atoms with Gasteiger partial charge in [-0.1, -0.05) is 18.2 Å². The van der Waals surface area contributed by atoms with E-state index in [4.69, 9.17) is 9.47 Å². The van der Waals surface area contributed by atoms with E-state index in [1.54, 1.807) is 25.3 Å².